The summed E-state index contributed by atoms with van der Waals surface area (Å²) in [6.45, 7) is 0.0530. The summed E-state index contributed by atoms with van der Waals surface area (Å²) < 4.78 is 42.7. The van der Waals surface area contributed by atoms with Gasteiger partial charge in [-0.3, -0.25) is 0 Å². The maximum Gasteiger partial charge on any atom is 0.241 e. The van der Waals surface area contributed by atoms with E-state index in [2.05, 4.69) is 4.72 Å². The fourth-order valence-electron chi connectivity index (χ4n) is 2.05. The van der Waals surface area contributed by atoms with Crippen LogP contribution in [0.3, 0.4) is 0 Å². The lowest BCUT2D eigenvalue weighted by Gasteiger charge is -2.07. The number of nitrogens with one attached hydrogen (secondary N) is 1. The Bertz CT molecular complexity index is 881. The van der Waals surface area contributed by atoms with Crippen molar-refractivity contribution in [3.8, 4) is 17.1 Å². The van der Waals surface area contributed by atoms with Crippen LogP contribution in [-0.4, -0.2) is 15.5 Å². The molecule has 1 N–H and O–H groups in total. The normalized spacial score (nSPS) is 11.5. The van der Waals surface area contributed by atoms with Gasteiger partial charge in [-0.15, -0.1) is 0 Å². The predicted molar refractivity (Wildman–Crippen MR) is 83.4 cm³/mol. The first kappa shape index (κ1) is 15.4. The van der Waals surface area contributed by atoms with Gasteiger partial charge in [0.1, 0.15) is 23.5 Å². The molecular formula is C16H15NO5S. The van der Waals surface area contributed by atoms with Crippen molar-refractivity contribution in [2.24, 2.45) is 0 Å². The third-order valence-corrected chi connectivity index (χ3v) is 4.65. The first-order valence-electron chi connectivity index (χ1n) is 6.83. The summed E-state index contributed by atoms with van der Waals surface area (Å²) in [5.74, 6) is 1.61. The van der Waals surface area contributed by atoms with Gasteiger partial charge >= 0.3 is 0 Å². The van der Waals surface area contributed by atoms with E-state index in [0.29, 0.717) is 17.3 Å². The Morgan fingerprint density at radius 2 is 2.04 bits per heavy atom. The molecule has 2 aromatic heterocycles. The summed E-state index contributed by atoms with van der Waals surface area (Å²) in [5.41, 5.74) is 0.798. The highest BCUT2D eigenvalue weighted by Crippen LogP contribution is 2.23. The van der Waals surface area contributed by atoms with Crippen molar-refractivity contribution < 1.29 is 22.0 Å². The standard InChI is InChI=1S/C16H15NO5S/c1-20-13-3-2-4-15(9-13)23(18,19)17-10-14-5-6-16(22-14)12-7-8-21-11-12/h2-9,11,17H,10H2,1H3. The largest absolute Gasteiger partial charge is 0.497 e. The van der Waals surface area contributed by atoms with Gasteiger partial charge in [0.15, 0.2) is 0 Å². The number of hydrogen-bond acceptors (Lipinski definition) is 5. The summed E-state index contributed by atoms with van der Waals surface area (Å²) in [5, 5.41) is 0. The zero-order valence-corrected chi connectivity index (χ0v) is 13.2. The Kier molecular flexibility index (Phi) is 4.22. The molecule has 0 spiro atoms. The molecule has 0 saturated heterocycles. The fourth-order valence-corrected chi connectivity index (χ4v) is 3.08. The van der Waals surface area contributed by atoms with Crippen LogP contribution < -0.4 is 9.46 Å². The topological polar surface area (TPSA) is 81.7 Å². The molecule has 0 saturated carbocycles. The van der Waals surface area contributed by atoms with E-state index in [4.69, 9.17) is 13.6 Å². The first-order valence-corrected chi connectivity index (χ1v) is 8.32. The molecule has 3 aromatic rings. The molecule has 3 rings (SSSR count). The van der Waals surface area contributed by atoms with Crippen molar-refractivity contribution in [3.05, 3.63) is 60.8 Å². The van der Waals surface area contributed by atoms with Crippen molar-refractivity contribution >= 4 is 10.0 Å². The van der Waals surface area contributed by atoms with Crippen molar-refractivity contribution in [2.75, 3.05) is 7.11 Å². The van der Waals surface area contributed by atoms with Crippen LogP contribution in [0.25, 0.3) is 11.3 Å². The third-order valence-electron chi connectivity index (χ3n) is 3.26. The highest BCUT2D eigenvalue weighted by Gasteiger charge is 2.15. The maximum atomic E-state index is 12.3. The number of sulfonamides is 1. The molecule has 0 unspecified atom stereocenters. The van der Waals surface area contributed by atoms with Crippen molar-refractivity contribution in [2.45, 2.75) is 11.4 Å². The fraction of sp³-hybridized carbons (Fsp3) is 0.125. The summed E-state index contributed by atoms with van der Waals surface area (Å²) in [6.07, 6.45) is 3.10. The van der Waals surface area contributed by atoms with Gasteiger partial charge < -0.3 is 13.6 Å². The van der Waals surface area contributed by atoms with Gasteiger partial charge in [0.25, 0.3) is 0 Å². The van der Waals surface area contributed by atoms with Gasteiger partial charge in [0.05, 0.1) is 30.4 Å². The molecule has 0 aliphatic carbocycles. The van der Waals surface area contributed by atoms with E-state index >= 15 is 0 Å². The number of hydrogen-bond donors (Lipinski definition) is 1. The predicted octanol–water partition coefficient (Wildman–Crippen LogP) is 3.03. The second-order valence-corrected chi connectivity index (χ2v) is 6.55. The number of rotatable bonds is 6. The number of benzene rings is 1. The minimum absolute atomic E-state index is 0.0530. The Morgan fingerprint density at radius 1 is 1.17 bits per heavy atom. The van der Waals surface area contributed by atoms with Crippen LogP contribution in [0.1, 0.15) is 5.76 Å². The van der Waals surface area contributed by atoms with Gasteiger partial charge in [-0.1, -0.05) is 6.07 Å². The van der Waals surface area contributed by atoms with E-state index in [1.54, 1.807) is 42.9 Å². The van der Waals surface area contributed by atoms with Crippen LogP contribution in [0, 0.1) is 0 Å². The van der Waals surface area contributed by atoms with Crippen LogP contribution >= 0.6 is 0 Å². The zero-order chi connectivity index (χ0) is 16.3. The van der Waals surface area contributed by atoms with Crippen LogP contribution in [0.2, 0.25) is 0 Å². The second kappa shape index (κ2) is 6.31. The Hall–Kier alpha value is -2.51. The molecule has 0 atom stereocenters. The molecule has 1 aromatic carbocycles. The van der Waals surface area contributed by atoms with Gasteiger partial charge in [0.2, 0.25) is 10.0 Å². The summed E-state index contributed by atoms with van der Waals surface area (Å²) >= 11 is 0. The van der Waals surface area contributed by atoms with Crippen LogP contribution in [0.5, 0.6) is 5.75 Å². The molecule has 0 radical (unpaired) electrons. The quantitative estimate of drug-likeness (QED) is 0.750. The Morgan fingerprint density at radius 3 is 2.78 bits per heavy atom. The number of ether oxygens (including phenoxy) is 1. The Labute approximate surface area is 133 Å². The third kappa shape index (κ3) is 3.46. The molecule has 7 heteroatoms. The minimum atomic E-state index is -3.64. The molecule has 0 fully saturated rings. The second-order valence-electron chi connectivity index (χ2n) is 4.78. The summed E-state index contributed by atoms with van der Waals surface area (Å²) in [4.78, 5) is 0.137. The van der Waals surface area contributed by atoms with Crippen molar-refractivity contribution in [1.82, 2.24) is 4.72 Å². The average Bonchev–Trinajstić information content (AvgIpc) is 3.24. The van der Waals surface area contributed by atoms with E-state index in [1.165, 1.54) is 19.2 Å². The molecule has 0 amide bonds. The van der Waals surface area contributed by atoms with E-state index in [-0.39, 0.29) is 11.4 Å². The summed E-state index contributed by atoms with van der Waals surface area (Å²) in [6, 6.07) is 11.5. The molecule has 2 heterocycles. The molecule has 0 bridgehead atoms. The van der Waals surface area contributed by atoms with Crippen LogP contribution in [0.15, 0.2) is 68.7 Å². The van der Waals surface area contributed by atoms with E-state index in [0.717, 1.165) is 5.56 Å². The lowest BCUT2D eigenvalue weighted by molar-refractivity contribution is 0.413. The monoisotopic (exact) mass is 333 g/mol. The van der Waals surface area contributed by atoms with Crippen molar-refractivity contribution in [1.29, 1.82) is 0 Å². The lowest BCUT2D eigenvalue weighted by Crippen LogP contribution is -2.23. The van der Waals surface area contributed by atoms with Gasteiger partial charge in [-0.25, -0.2) is 13.1 Å². The molecular weight excluding hydrogens is 318 g/mol. The van der Waals surface area contributed by atoms with Crippen molar-refractivity contribution in [3.63, 3.8) is 0 Å². The van der Waals surface area contributed by atoms with Gasteiger partial charge in [-0.2, -0.15) is 0 Å². The molecule has 120 valence electrons. The number of furan rings is 2. The highest BCUT2D eigenvalue weighted by molar-refractivity contribution is 7.89. The van der Waals surface area contributed by atoms with E-state index in [9.17, 15) is 8.42 Å². The molecule has 0 aliphatic heterocycles. The van der Waals surface area contributed by atoms with E-state index in [1.807, 2.05) is 0 Å². The average molecular weight is 333 g/mol. The van der Waals surface area contributed by atoms with Crippen LogP contribution in [-0.2, 0) is 16.6 Å². The minimum Gasteiger partial charge on any atom is -0.497 e. The van der Waals surface area contributed by atoms with Crippen LogP contribution in [0.4, 0.5) is 0 Å². The smallest absolute Gasteiger partial charge is 0.241 e. The highest BCUT2D eigenvalue weighted by atomic mass is 32.2. The van der Waals surface area contributed by atoms with Gasteiger partial charge in [0, 0.05) is 6.07 Å². The lowest BCUT2D eigenvalue weighted by atomic mass is 10.3. The molecule has 6 nitrogen and oxygen atoms in total. The maximum absolute atomic E-state index is 12.3. The van der Waals surface area contributed by atoms with E-state index < -0.39 is 10.0 Å². The molecule has 0 aliphatic rings. The van der Waals surface area contributed by atoms with Gasteiger partial charge in [-0.05, 0) is 30.3 Å². The molecule has 23 heavy (non-hydrogen) atoms. The number of methoxy groups -OCH3 is 1. The zero-order valence-electron chi connectivity index (χ0n) is 12.4. The summed E-state index contributed by atoms with van der Waals surface area (Å²) in [7, 11) is -2.16. The Balaban J connectivity index is 1.72. The first-order chi connectivity index (χ1) is 11.1. The SMILES string of the molecule is COc1cccc(S(=O)(=O)NCc2ccc(-c3ccoc3)o2)c1.